The highest BCUT2D eigenvalue weighted by molar-refractivity contribution is 8.26. The molecule has 0 bridgehead atoms. The molecule has 1 aliphatic rings. The summed E-state index contributed by atoms with van der Waals surface area (Å²) in [6, 6.07) is 8.12. The molecule has 0 spiro atoms. The van der Waals surface area contributed by atoms with Crippen LogP contribution >= 0.6 is 24.0 Å². The van der Waals surface area contributed by atoms with Crippen molar-refractivity contribution in [3.05, 3.63) is 40.3 Å². The third-order valence-electron chi connectivity index (χ3n) is 3.55. The number of carbonyl (C=O) groups excluding carboxylic acids is 2. The summed E-state index contributed by atoms with van der Waals surface area (Å²) in [5, 5.41) is 0. The van der Waals surface area contributed by atoms with Crippen molar-refractivity contribution in [1.29, 1.82) is 0 Å². The van der Waals surface area contributed by atoms with Gasteiger partial charge in [0.2, 0.25) is 0 Å². The molecule has 0 atom stereocenters. The molecule has 0 N–H and O–H groups in total. The largest absolute Gasteiger partial charge is 0.469 e. The first-order valence-electron chi connectivity index (χ1n) is 7.46. The second-order valence-electron chi connectivity index (χ2n) is 5.11. The summed E-state index contributed by atoms with van der Waals surface area (Å²) >= 11 is 6.57. The number of ether oxygens (including phenoxy) is 1. The Labute approximate surface area is 145 Å². The predicted molar refractivity (Wildman–Crippen MR) is 96.9 cm³/mol. The maximum Gasteiger partial charge on any atom is 0.305 e. The number of nitrogens with zero attached hydrogens (tertiary/aromatic N) is 1. The Bertz CT molecular complexity index is 638. The van der Waals surface area contributed by atoms with Crippen molar-refractivity contribution >= 4 is 46.3 Å². The van der Waals surface area contributed by atoms with E-state index in [1.165, 1.54) is 24.4 Å². The van der Waals surface area contributed by atoms with E-state index in [9.17, 15) is 9.59 Å². The number of benzene rings is 1. The van der Waals surface area contributed by atoms with Crippen molar-refractivity contribution < 1.29 is 14.3 Å². The van der Waals surface area contributed by atoms with E-state index in [1.807, 2.05) is 18.2 Å². The molecule has 0 unspecified atom stereocenters. The summed E-state index contributed by atoms with van der Waals surface area (Å²) in [6.45, 7) is 2.54. The number of thioether (sulfide) groups is 1. The van der Waals surface area contributed by atoms with E-state index in [0.29, 0.717) is 22.2 Å². The number of carbonyl (C=O) groups is 2. The van der Waals surface area contributed by atoms with E-state index in [1.54, 1.807) is 4.90 Å². The summed E-state index contributed by atoms with van der Waals surface area (Å²) in [7, 11) is 1.36. The van der Waals surface area contributed by atoms with Crippen molar-refractivity contribution in [2.45, 2.75) is 26.2 Å². The Morgan fingerprint density at radius 1 is 1.35 bits per heavy atom. The molecule has 0 radical (unpaired) electrons. The Balaban J connectivity index is 2.01. The zero-order valence-electron chi connectivity index (χ0n) is 13.2. The topological polar surface area (TPSA) is 46.6 Å². The van der Waals surface area contributed by atoms with Gasteiger partial charge in [0.1, 0.15) is 4.32 Å². The molecule has 0 aromatic heterocycles. The normalized spacial score (nSPS) is 16.3. The van der Waals surface area contributed by atoms with E-state index in [-0.39, 0.29) is 18.3 Å². The van der Waals surface area contributed by atoms with Gasteiger partial charge in [-0.25, -0.2) is 0 Å². The number of rotatable bonds is 6. The summed E-state index contributed by atoms with van der Waals surface area (Å²) in [5.41, 5.74) is 2.25. The van der Waals surface area contributed by atoms with Gasteiger partial charge in [-0.3, -0.25) is 14.5 Å². The van der Waals surface area contributed by atoms with E-state index in [2.05, 4.69) is 23.8 Å². The lowest BCUT2D eigenvalue weighted by molar-refractivity contribution is -0.141. The molecule has 1 saturated heterocycles. The van der Waals surface area contributed by atoms with Gasteiger partial charge >= 0.3 is 5.97 Å². The third-order valence-corrected chi connectivity index (χ3v) is 4.93. The van der Waals surface area contributed by atoms with Crippen molar-refractivity contribution in [2.75, 3.05) is 13.7 Å². The zero-order valence-corrected chi connectivity index (χ0v) is 14.8. The molecule has 23 heavy (non-hydrogen) atoms. The molecular weight excluding hydrogens is 330 g/mol. The van der Waals surface area contributed by atoms with Crippen LogP contribution in [0, 0.1) is 0 Å². The van der Waals surface area contributed by atoms with Crippen LogP contribution in [0.2, 0.25) is 0 Å². The summed E-state index contributed by atoms with van der Waals surface area (Å²) in [4.78, 5) is 25.7. The molecule has 0 saturated carbocycles. The smallest absolute Gasteiger partial charge is 0.305 e. The number of aryl methyl sites for hydroxylation is 1. The van der Waals surface area contributed by atoms with Gasteiger partial charge in [0.25, 0.3) is 5.91 Å². The lowest BCUT2D eigenvalue weighted by Gasteiger charge is -2.13. The minimum Gasteiger partial charge on any atom is -0.469 e. The number of hydrogen-bond acceptors (Lipinski definition) is 5. The molecule has 1 aliphatic heterocycles. The zero-order chi connectivity index (χ0) is 16.8. The lowest BCUT2D eigenvalue weighted by Crippen LogP contribution is -2.29. The molecule has 1 heterocycles. The van der Waals surface area contributed by atoms with Gasteiger partial charge in [0.05, 0.1) is 12.0 Å². The van der Waals surface area contributed by atoms with Crippen LogP contribution in [0.3, 0.4) is 0 Å². The van der Waals surface area contributed by atoms with Crippen LogP contribution < -0.4 is 0 Å². The molecule has 1 aromatic rings. The Kier molecular flexibility index (Phi) is 6.36. The standard InChI is InChI=1S/C17H19NO3S2/c1-3-12-6-8-13(9-7-12)11-14-16(20)18(17(22)23-14)10-4-5-15(19)21-2/h6-9,11H,3-5,10H2,1-2H3/b14-11+. The van der Waals surface area contributed by atoms with Crippen LogP contribution in [0.4, 0.5) is 0 Å². The minimum atomic E-state index is -0.276. The quantitative estimate of drug-likeness (QED) is 0.447. The van der Waals surface area contributed by atoms with Gasteiger partial charge in [0.15, 0.2) is 0 Å². The molecule has 2 rings (SSSR count). The highest BCUT2D eigenvalue weighted by Crippen LogP contribution is 2.32. The van der Waals surface area contributed by atoms with Crippen molar-refractivity contribution in [3.63, 3.8) is 0 Å². The summed E-state index contributed by atoms with van der Waals surface area (Å²) < 4.78 is 5.13. The molecule has 4 nitrogen and oxygen atoms in total. The van der Waals surface area contributed by atoms with Crippen LogP contribution in [0.1, 0.15) is 30.9 Å². The van der Waals surface area contributed by atoms with Gasteiger partial charge < -0.3 is 4.74 Å². The Morgan fingerprint density at radius 3 is 2.65 bits per heavy atom. The van der Waals surface area contributed by atoms with E-state index in [0.717, 1.165) is 12.0 Å². The maximum absolute atomic E-state index is 12.4. The lowest BCUT2D eigenvalue weighted by atomic mass is 10.1. The first-order valence-corrected chi connectivity index (χ1v) is 8.68. The molecule has 1 aromatic carbocycles. The Hall–Kier alpha value is -1.66. The average Bonchev–Trinajstić information content (AvgIpc) is 2.82. The first-order chi connectivity index (χ1) is 11.0. The summed E-state index contributed by atoms with van der Waals surface area (Å²) in [6.07, 6.45) is 3.67. The van der Waals surface area contributed by atoms with Gasteiger partial charge in [-0.05, 0) is 30.0 Å². The SMILES string of the molecule is CCc1ccc(/C=C2/SC(=S)N(CCCC(=O)OC)C2=O)cc1. The fraction of sp³-hybridized carbons (Fsp3) is 0.353. The molecule has 1 fully saturated rings. The highest BCUT2D eigenvalue weighted by atomic mass is 32.2. The van der Waals surface area contributed by atoms with Crippen molar-refractivity contribution in [1.82, 2.24) is 4.90 Å². The molecule has 0 aliphatic carbocycles. The predicted octanol–water partition coefficient (Wildman–Crippen LogP) is 3.40. The third kappa shape index (κ3) is 4.65. The van der Waals surface area contributed by atoms with Crippen LogP contribution in [-0.2, 0) is 20.7 Å². The second-order valence-corrected chi connectivity index (χ2v) is 6.78. The van der Waals surface area contributed by atoms with Gasteiger partial charge in [-0.15, -0.1) is 0 Å². The van der Waals surface area contributed by atoms with Crippen LogP contribution in [0.5, 0.6) is 0 Å². The van der Waals surface area contributed by atoms with E-state index in [4.69, 9.17) is 12.2 Å². The summed E-state index contributed by atoms with van der Waals surface area (Å²) in [5.74, 6) is -0.369. The van der Waals surface area contributed by atoms with Crippen LogP contribution in [0.15, 0.2) is 29.2 Å². The fourth-order valence-electron chi connectivity index (χ4n) is 2.18. The highest BCUT2D eigenvalue weighted by Gasteiger charge is 2.31. The maximum atomic E-state index is 12.4. The van der Waals surface area contributed by atoms with Crippen LogP contribution in [-0.4, -0.2) is 34.8 Å². The van der Waals surface area contributed by atoms with Gasteiger partial charge in [0, 0.05) is 13.0 Å². The van der Waals surface area contributed by atoms with Gasteiger partial charge in [-0.2, -0.15) is 0 Å². The first kappa shape index (κ1) is 17.7. The number of methoxy groups -OCH3 is 1. The average molecular weight is 349 g/mol. The van der Waals surface area contributed by atoms with Crippen LogP contribution in [0.25, 0.3) is 6.08 Å². The molecular formula is C17H19NO3S2. The minimum absolute atomic E-state index is 0.0931. The molecule has 1 amide bonds. The number of amides is 1. The number of hydrogen-bond donors (Lipinski definition) is 0. The Morgan fingerprint density at radius 2 is 2.04 bits per heavy atom. The molecule has 122 valence electrons. The number of esters is 1. The van der Waals surface area contributed by atoms with Crippen molar-refractivity contribution in [2.24, 2.45) is 0 Å². The fourth-order valence-corrected chi connectivity index (χ4v) is 3.49. The van der Waals surface area contributed by atoms with Crippen molar-refractivity contribution in [3.8, 4) is 0 Å². The van der Waals surface area contributed by atoms with Gasteiger partial charge in [-0.1, -0.05) is 55.2 Å². The van der Waals surface area contributed by atoms with E-state index < -0.39 is 0 Å². The van der Waals surface area contributed by atoms with E-state index >= 15 is 0 Å². The number of thiocarbonyl (C=S) groups is 1. The molecule has 6 heteroatoms. The monoisotopic (exact) mass is 349 g/mol. The second kappa shape index (κ2) is 8.26.